The lowest BCUT2D eigenvalue weighted by Crippen LogP contribution is -2.22. The van der Waals surface area contributed by atoms with Gasteiger partial charge >= 0.3 is 0 Å². The van der Waals surface area contributed by atoms with Gasteiger partial charge < -0.3 is 5.21 Å². The van der Waals surface area contributed by atoms with Gasteiger partial charge in [-0.15, -0.1) is 0 Å². The standard InChI is InChI=1S/C14H10N2O2S/c17-16-14-7-6-11(10-13(14)15-18-16)8-9-19-12-4-2-1-3-5-12/h1-10H/b9-8+. The minimum Gasteiger partial charge on any atom is -0.359 e. The summed E-state index contributed by atoms with van der Waals surface area (Å²) in [4.78, 5) is 1.58. The summed E-state index contributed by atoms with van der Waals surface area (Å²) in [6.07, 6.45) is 1.97. The van der Waals surface area contributed by atoms with Gasteiger partial charge in [0.05, 0.1) is 0 Å². The summed E-state index contributed by atoms with van der Waals surface area (Å²) < 4.78 is 4.53. The molecule has 4 nitrogen and oxygen atoms in total. The zero-order valence-corrected chi connectivity index (χ0v) is 10.7. The molecule has 0 aliphatic carbocycles. The van der Waals surface area contributed by atoms with Crippen molar-refractivity contribution in [2.45, 2.75) is 4.90 Å². The number of hydrogen-bond donors (Lipinski definition) is 0. The summed E-state index contributed by atoms with van der Waals surface area (Å²) in [5.74, 6) is 0. The van der Waals surface area contributed by atoms with Crippen LogP contribution < -0.4 is 4.90 Å². The molecule has 1 heterocycles. The third-order valence-corrected chi connectivity index (χ3v) is 3.43. The quantitative estimate of drug-likeness (QED) is 0.541. The van der Waals surface area contributed by atoms with Crippen LogP contribution in [-0.2, 0) is 0 Å². The van der Waals surface area contributed by atoms with Gasteiger partial charge in [-0.1, -0.05) is 36.0 Å². The number of thioether (sulfide) groups is 1. The summed E-state index contributed by atoms with van der Waals surface area (Å²) in [5, 5.41) is 16.8. The van der Waals surface area contributed by atoms with E-state index in [1.165, 1.54) is 4.90 Å². The van der Waals surface area contributed by atoms with E-state index in [0.717, 1.165) is 5.56 Å². The zero-order valence-electron chi connectivity index (χ0n) is 9.89. The first-order chi connectivity index (χ1) is 9.33. The van der Waals surface area contributed by atoms with Crippen LogP contribution in [0.2, 0.25) is 0 Å². The third kappa shape index (κ3) is 2.61. The fraction of sp³-hybridized carbons (Fsp3) is 0. The van der Waals surface area contributed by atoms with Crippen LogP contribution in [0.25, 0.3) is 17.1 Å². The van der Waals surface area contributed by atoms with Crippen LogP contribution in [0.5, 0.6) is 0 Å². The van der Waals surface area contributed by atoms with Gasteiger partial charge in [-0.3, -0.25) is 4.63 Å². The molecule has 0 radical (unpaired) electrons. The highest BCUT2D eigenvalue weighted by Crippen LogP contribution is 2.20. The topological polar surface area (TPSA) is 53.0 Å². The lowest BCUT2D eigenvalue weighted by molar-refractivity contribution is -0.782. The van der Waals surface area contributed by atoms with E-state index in [9.17, 15) is 5.21 Å². The van der Waals surface area contributed by atoms with Crippen molar-refractivity contribution in [1.82, 2.24) is 5.16 Å². The molecule has 3 aromatic rings. The first kappa shape index (κ1) is 11.8. The van der Waals surface area contributed by atoms with Gasteiger partial charge in [-0.25, -0.2) is 0 Å². The third-order valence-electron chi connectivity index (χ3n) is 2.62. The minimum absolute atomic E-state index is 0.404. The molecule has 0 aliphatic heterocycles. The SMILES string of the molecule is [O-][n+]1onc2cc(/C=C/Sc3ccccc3)ccc21. The lowest BCUT2D eigenvalue weighted by Gasteiger charge is -1.94. The van der Waals surface area contributed by atoms with Crippen LogP contribution >= 0.6 is 11.8 Å². The molecule has 0 N–H and O–H groups in total. The molecule has 0 amide bonds. The van der Waals surface area contributed by atoms with Gasteiger partial charge in [0.1, 0.15) is 0 Å². The molecule has 3 rings (SSSR count). The van der Waals surface area contributed by atoms with E-state index < -0.39 is 0 Å². The number of benzene rings is 2. The maximum Gasteiger partial charge on any atom is 0.249 e. The van der Waals surface area contributed by atoms with Gasteiger partial charge in [0.15, 0.2) is 0 Å². The second kappa shape index (κ2) is 5.16. The molecule has 0 atom stereocenters. The second-order valence-electron chi connectivity index (χ2n) is 3.91. The molecule has 0 saturated heterocycles. The van der Waals surface area contributed by atoms with Gasteiger partial charge in [-0.05, 0) is 40.1 Å². The Hall–Kier alpha value is -2.27. The van der Waals surface area contributed by atoms with Crippen LogP contribution in [0.1, 0.15) is 5.56 Å². The van der Waals surface area contributed by atoms with Gasteiger partial charge in [0.25, 0.3) is 0 Å². The number of fused-ring (bicyclic) bond motifs is 1. The second-order valence-corrected chi connectivity index (χ2v) is 4.89. The largest absolute Gasteiger partial charge is 0.359 e. The Labute approximate surface area is 113 Å². The van der Waals surface area contributed by atoms with Crippen LogP contribution in [-0.4, -0.2) is 5.16 Å². The highest BCUT2D eigenvalue weighted by Gasteiger charge is 2.07. The van der Waals surface area contributed by atoms with Crippen molar-refractivity contribution >= 4 is 28.9 Å². The molecule has 2 aromatic carbocycles. The van der Waals surface area contributed by atoms with Crippen LogP contribution in [0.3, 0.4) is 0 Å². The van der Waals surface area contributed by atoms with Crippen molar-refractivity contribution in [3.05, 3.63) is 64.7 Å². The molecule has 0 saturated carbocycles. The van der Waals surface area contributed by atoms with E-state index in [4.69, 9.17) is 0 Å². The normalized spacial score (nSPS) is 11.4. The Balaban J connectivity index is 1.78. The van der Waals surface area contributed by atoms with Crippen molar-refractivity contribution in [2.75, 3.05) is 0 Å². The fourth-order valence-electron chi connectivity index (χ4n) is 1.69. The smallest absolute Gasteiger partial charge is 0.249 e. The summed E-state index contributed by atoms with van der Waals surface area (Å²) in [5.41, 5.74) is 1.97. The Bertz CT molecular complexity index is 723. The van der Waals surface area contributed by atoms with E-state index in [2.05, 4.69) is 21.9 Å². The average molecular weight is 270 g/mol. The number of rotatable bonds is 3. The van der Waals surface area contributed by atoms with Crippen molar-refractivity contribution < 1.29 is 9.53 Å². The first-order valence-corrected chi connectivity index (χ1v) is 6.59. The Morgan fingerprint density at radius 3 is 2.84 bits per heavy atom. The maximum atomic E-state index is 11.2. The Kier molecular flexibility index (Phi) is 3.20. The van der Waals surface area contributed by atoms with Crippen LogP contribution in [0, 0.1) is 5.21 Å². The summed E-state index contributed by atoms with van der Waals surface area (Å²) in [7, 11) is 0. The molecule has 1 aromatic heterocycles. The van der Waals surface area contributed by atoms with E-state index in [1.54, 1.807) is 17.8 Å². The van der Waals surface area contributed by atoms with Crippen molar-refractivity contribution in [1.29, 1.82) is 0 Å². The number of hydrogen-bond acceptors (Lipinski definition) is 4. The zero-order chi connectivity index (χ0) is 13.1. The molecule has 0 fully saturated rings. The maximum absolute atomic E-state index is 11.2. The van der Waals surface area contributed by atoms with E-state index in [-0.39, 0.29) is 0 Å². The minimum atomic E-state index is 0.404. The Morgan fingerprint density at radius 2 is 2.00 bits per heavy atom. The van der Waals surface area contributed by atoms with Gasteiger partial charge in [0.2, 0.25) is 11.0 Å². The molecule has 94 valence electrons. The predicted octanol–water partition coefficient (Wildman–Crippen LogP) is 3.22. The molecule has 0 aliphatic rings. The molecule has 0 unspecified atom stereocenters. The van der Waals surface area contributed by atoms with E-state index in [1.807, 2.05) is 41.8 Å². The predicted molar refractivity (Wildman–Crippen MR) is 74.3 cm³/mol. The molecule has 0 spiro atoms. The molecular weight excluding hydrogens is 260 g/mol. The van der Waals surface area contributed by atoms with Crippen LogP contribution in [0.15, 0.2) is 63.5 Å². The molecule has 0 bridgehead atoms. The van der Waals surface area contributed by atoms with Crippen molar-refractivity contribution in [3.63, 3.8) is 0 Å². The van der Waals surface area contributed by atoms with Crippen molar-refractivity contribution in [3.8, 4) is 0 Å². The first-order valence-electron chi connectivity index (χ1n) is 5.71. The van der Waals surface area contributed by atoms with E-state index in [0.29, 0.717) is 15.9 Å². The number of aromatic nitrogens is 2. The van der Waals surface area contributed by atoms with E-state index >= 15 is 0 Å². The summed E-state index contributed by atoms with van der Waals surface area (Å²) >= 11 is 1.63. The summed E-state index contributed by atoms with van der Waals surface area (Å²) in [6, 6.07) is 15.5. The highest BCUT2D eigenvalue weighted by atomic mass is 32.2. The van der Waals surface area contributed by atoms with Gasteiger partial charge in [0, 0.05) is 16.1 Å². The van der Waals surface area contributed by atoms with Crippen molar-refractivity contribution in [2.24, 2.45) is 0 Å². The molecule has 5 heteroatoms. The Morgan fingerprint density at radius 1 is 1.16 bits per heavy atom. The lowest BCUT2D eigenvalue weighted by atomic mass is 10.2. The summed E-state index contributed by atoms with van der Waals surface area (Å²) in [6.45, 7) is 0. The van der Waals surface area contributed by atoms with Gasteiger partial charge in [-0.2, -0.15) is 0 Å². The van der Waals surface area contributed by atoms with Crippen LogP contribution in [0.4, 0.5) is 0 Å². The highest BCUT2D eigenvalue weighted by molar-refractivity contribution is 8.02. The fourth-order valence-corrected chi connectivity index (χ4v) is 2.38. The molecule has 19 heavy (non-hydrogen) atoms. The average Bonchev–Trinajstić information content (AvgIpc) is 2.81. The monoisotopic (exact) mass is 270 g/mol. The molecular formula is C14H10N2O2S. The number of nitrogens with zero attached hydrogens (tertiary/aromatic N) is 2.